The summed E-state index contributed by atoms with van der Waals surface area (Å²) in [4.78, 5) is 28.0. The Labute approximate surface area is 182 Å². The monoisotopic (exact) mass is 459 g/mol. The van der Waals surface area contributed by atoms with Crippen LogP contribution in [0.3, 0.4) is 0 Å². The van der Waals surface area contributed by atoms with Crippen molar-refractivity contribution in [2.75, 3.05) is 33.4 Å². The van der Waals surface area contributed by atoms with E-state index >= 15 is 0 Å². The van der Waals surface area contributed by atoms with E-state index in [0.717, 1.165) is 0 Å². The molecule has 0 saturated carbocycles. The number of likely N-dealkylation sites (tertiary alicyclic amines) is 1. The highest BCUT2D eigenvalue weighted by Gasteiger charge is 2.44. The highest BCUT2D eigenvalue weighted by molar-refractivity contribution is 7.87. The van der Waals surface area contributed by atoms with Crippen molar-refractivity contribution in [3.63, 3.8) is 0 Å². The van der Waals surface area contributed by atoms with E-state index in [1.54, 1.807) is 7.11 Å². The molecule has 0 bridgehead atoms. The van der Waals surface area contributed by atoms with Gasteiger partial charge in [0.15, 0.2) is 6.23 Å². The zero-order valence-electron chi connectivity index (χ0n) is 18.5. The molecule has 0 amide bonds. The van der Waals surface area contributed by atoms with Gasteiger partial charge in [-0.3, -0.25) is 18.5 Å². The average Bonchev–Trinajstić information content (AvgIpc) is 3.02. The minimum Gasteiger partial charge on any atom is -0.376 e. The fraction of sp³-hybridized carbons (Fsp3) is 0.800. The Balaban J connectivity index is 1.61. The van der Waals surface area contributed by atoms with Crippen LogP contribution in [0.4, 0.5) is 0 Å². The summed E-state index contributed by atoms with van der Waals surface area (Å²) >= 11 is 0. The van der Waals surface area contributed by atoms with Crippen LogP contribution in [-0.2, 0) is 23.8 Å². The molecule has 1 aromatic rings. The van der Waals surface area contributed by atoms with Gasteiger partial charge in [-0.05, 0) is 31.8 Å². The molecule has 0 spiro atoms. The predicted molar refractivity (Wildman–Crippen MR) is 114 cm³/mol. The van der Waals surface area contributed by atoms with Gasteiger partial charge >= 0.3 is 5.69 Å². The number of ether oxygens (including phenoxy) is 2. The standard InChI is InChI=1S/C20H33N3O7S/c1-13(2)12-29-31(26,27)15-5-8-22(9-6-15)11-16-14(3)18(28-4)19(30-16)23-10-7-17(24)21-20(23)25/h7,10,13-16,18-19H,5-6,8-9,11-12H2,1-4H3,(H,21,24,25). The summed E-state index contributed by atoms with van der Waals surface area (Å²) in [6.45, 7) is 7.91. The number of hydrogen-bond donors (Lipinski definition) is 1. The van der Waals surface area contributed by atoms with Gasteiger partial charge in [-0.15, -0.1) is 0 Å². The van der Waals surface area contributed by atoms with Crippen LogP contribution in [-0.4, -0.2) is 73.7 Å². The summed E-state index contributed by atoms with van der Waals surface area (Å²) in [6, 6.07) is 1.28. The smallest absolute Gasteiger partial charge is 0.330 e. The van der Waals surface area contributed by atoms with Gasteiger partial charge < -0.3 is 14.4 Å². The van der Waals surface area contributed by atoms with Crippen molar-refractivity contribution >= 4 is 10.1 Å². The predicted octanol–water partition coefficient (Wildman–Crippen LogP) is 0.552. The van der Waals surface area contributed by atoms with E-state index in [9.17, 15) is 18.0 Å². The first kappa shape index (κ1) is 24.1. The zero-order chi connectivity index (χ0) is 22.8. The first-order valence-corrected chi connectivity index (χ1v) is 12.2. The molecular formula is C20H33N3O7S. The SMILES string of the molecule is COC1C(C)C(CN2CCC(S(=O)(=O)OCC(C)C)CC2)OC1n1ccc(=O)[nH]c1=O. The molecule has 2 fully saturated rings. The molecule has 2 aliphatic rings. The fourth-order valence-corrected chi connectivity index (χ4v) is 5.65. The molecule has 0 aliphatic carbocycles. The topological polar surface area (TPSA) is 120 Å². The lowest BCUT2D eigenvalue weighted by atomic mass is 9.99. The number of H-pyrrole nitrogens is 1. The number of nitrogens with one attached hydrogen (secondary N) is 1. The third-order valence-corrected chi connectivity index (χ3v) is 7.80. The highest BCUT2D eigenvalue weighted by Crippen LogP contribution is 2.35. The number of piperidine rings is 1. The van der Waals surface area contributed by atoms with E-state index in [-0.39, 0.29) is 30.7 Å². The summed E-state index contributed by atoms with van der Waals surface area (Å²) in [7, 11) is -1.98. The molecule has 176 valence electrons. The molecule has 3 heterocycles. The second-order valence-electron chi connectivity index (χ2n) is 8.81. The third kappa shape index (κ3) is 5.64. The number of nitrogens with zero attached hydrogens (tertiary/aromatic N) is 2. The molecular weight excluding hydrogens is 426 g/mol. The van der Waals surface area contributed by atoms with Crippen molar-refractivity contribution in [3.8, 4) is 0 Å². The molecule has 0 aromatic carbocycles. The van der Waals surface area contributed by atoms with Crippen LogP contribution in [0, 0.1) is 11.8 Å². The largest absolute Gasteiger partial charge is 0.376 e. The van der Waals surface area contributed by atoms with E-state index in [1.807, 2.05) is 20.8 Å². The van der Waals surface area contributed by atoms with Crippen LogP contribution in [0.15, 0.2) is 21.9 Å². The Kier molecular flexibility index (Phi) is 7.74. The van der Waals surface area contributed by atoms with E-state index in [2.05, 4.69) is 9.88 Å². The Morgan fingerprint density at radius 1 is 1.26 bits per heavy atom. The zero-order valence-corrected chi connectivity index (χ0v) is 19.3. The molecule has 1 N–H and O–H groups in total. The van der Waals surface area contributed by atoms with Crippen LogP contribution < -0.4 is 11.2 Å². The summed E-state index contributed by atoms with van der Waals surface area (Å²) in [5.74, 6) is 0.164. The first-order chi connectivity index (χ1) is 14.6. The number of rotatable bonds is 8. The van der Waals surface area contributed by atoms with E-state index < -0.39 is 32.8 Å². The van der Waals surface area contributed by atoms with Crippen molar-refractivity contribution in [2.45, 2.75) is 57.3 Å². The maximum Gasteiger partial charge on any atom is 0.330 e. The lowest BCUT2D eigenvalue weighted by Gasteiger charge is -2.33. The van der Waals surface area contributed by atoms with Gasteiger partial charge in [0, 0.05) is 31.8 Å². The van der Waals surface area contributed by atoms with Crippen molar-refractivity contribution in [2.24, 2.45) is 11.8 Å². The van der Waals surface area contributed by atoms with Gasteiger partial charge in [-0.1, -0.05) is 20.8 Å². The Hall–Kier alpha value is -1.53. The minimum absolute atomic E-state index is 0.00431. The molecule has 4 unspecified atom stereocenters. The van der Waals surface area contributed by atoms with Gasteiger partial charge in [0.25, 0.3) is 15.7 Å². The summed E-state index contributed by atoms with van der Waals surface area (Å²) in [5.41, 5.74) is -1.01. The molecule has 10 nitrogen and oxygen atoms in total. The van der Waals surface area contributed by atoms with E-state index in [0.29, 0.717) is 32.5 Å². The third-order valence-electron chi connectivity index (χ3n) is 6.04. The number of aromatic nitrogens is 2. The molecule has 31 heavy (non-hydrogen) atoms. The van der Waals surface area contributed by atoms with Gasteiger partial charge in [0.1, 0.15) is 6.10 Å². The molecule has 3 rings (SSSR count). The van der Waals surface area contributed by atoms with Gasteiger partial charge in [0.05, 0.1) is 18.0 Å². The molecule has 4 atom stereocenters. The minimum atomic E-state index is -3.55. The molecule has 2 saturated heterocycles. The maximum absolute atomic E-state index is 12.4. The normalized spacial score (nSPS) is 28.4. The van der Waals surface area contributed by atoms with E-state index in [4.69, 9.17) is 13.7 Å². The Morgan fingerprint density at radius 2 is 1.94 bits per heavy atom. The Morgan fingerprint density at radius 3 is 2.52 bits per heavy atom. The van der Waals surface area contributed by atoms with Crippen LogP contribution in [0.2, 0.25) is 0 Å². The van der Waals surface area contributed by atoms with Crippen molar-refractivity contribution in [1.82, 2.24) is 14.5 Å². The van der Waals surface area contributed by atoms with Crippen molar-refractivity contribution in [3.05, 3.63) is 33.1 Å². The van der Waals surface area contributed by atoms with Gasteiger partial charge in [-0.2, -0.15) is 8.42 Å². The average molecular weight is 460 g/mol. The van der Waals surface area contributed by atoms with E-state index in [1.165, 1.54) is 16.8 Å². The van der Waals surface area contributed by atoms with Gasteiger partial charge in [0.2, 0.25) is 0 Å². The van der Waals surface area contributed by atoms with Gasteiger partial charge in [-0.25, -0.2) is 4.79 Å². The van der Waals surface area contributed by atoms with Crippen LogP contribution in [0.1, 0.15) is 39.8 Å². The first-order valence-electron chi connectivity index (χ1n) is 10.7. The molecule has 11 heteroatoms. The fourth-order valence-electron chi connectivity index (χ4n) is 4.21. The second kappa shape index (κ2) is 9.95. The summed E-state index contributed by atoms with van der Waals surface area (Å²) in [5, 5.41) is -0.483. The van der Waals surface area contributed by atoms with Crippen molar-refractivity contribution < 1.29 is 22.1 Å². The molecule has 0 radical (unpaired) electrons. The molecule has 1 aromatic heterocycles. The van der Waals surface area contributed by atoms with Crippen LogP contribution in [0.5, 0.6) is 0 Å². The highest BCUT2D eigenvalue weighted by atomic mass is 32.2. The quantitative estimate of drug-likeness (QED) is 0.560. The van der Waals surface area contributed by atoms with Crippen molar-refractivity contribution in [1.29, 1.82) is 0 Å². The Bertz CT molecular complexity index is 950. The lowest BCUT2D eigenvalue weighted by molar-refractivity contribution is -0.0589. The second-order valence-corrected chi connectivity index (χ2v) is 10.7. The number of hydrogen-bond acceptors (Lipinski definition) is 8. The summed E-state index contributed by atoms with van der Waals surface area (Å²) < 4.78 is 43.1. The summed E-state index contributed by atoms with van der Waals surface area (Å²) in [6.07, 6.45) is 1.25. The molecule has 2 aliphatic heterocycles. The lowest BCUT2D eigenvalue weighted by Crippen LogP contribution is -2.44. The maximum atomic E-state index is 12.4. The number of methoxy groups -OCH3 is 1. The van der Waals surface area contributed by atoms with Crippen LogP contribution >= 0.6 is 0 Å². The number of aromatic amines is 1. The van der Waals surface area contributed by atoms with Crippen LogP contribution in [0.25, 0.3) is 0 Å².